The number of hydrogen-bond acceptors (Lipinski definition) is 4. The van der Waals surface area contributed by atoms with Crippen LogP contribution in [0.5, 0.6) is 0 Å². The Bertz CT molecular complexity index is 636. The van der Waals surface area contributed by atoms with Gasteiger partial charge in [0, 0.05) is 30.8 Å². The zero-order valence-corrected chi connectivity index (χ0v) is 12.7. The number of nitrogens with two attached hydrogens (primary N) is 1. The molecule has 2 atom stereocenters. The fourth-order valence-electron chi connectivity index (χ4n) is 2.90. The molecule has 0 saturated carbocycles. The van der Waals surface area contributed by atoms with Gasteiger partial charge in [-0.2, -0.15) is 0 Å². The first-order valence-corrected chi connectivity index (χ1v) is 7.72. The molecule has 2 aromatic rings. The third-order valence-corrected chi connectivity index (χ3v) is 4.28. The zero-order valence-electron chi connectivity index (χ0n) is 12.7. The monoisotopic (exact) mass is 299 g/mol. The number of aromatic nitrogens is 1. The number of amides is 1. The fourth-order valence-corrected chi connectivity index (χ4v) is 2.90. The van der Waals surface area contributed by atoms with Crippen LogP contribution in [-0.4, -0.2) is 35.1 Å². The van der Waals surface area contributed by atoms with Crippen molar-refractivity contribution in [2.45, 2.75) is 25.8 Å². The van der Waals surface area contributed by atoms with E-state index in [9.17, 15) is 4.79 Å². The van der Waals surface area contributed by atoms with Gasteiger partial charge in [-0.1, -0.05) is 35.5 Å². The summed E-state index contributed by atoms with van der Waals surface area (Å²) in [6.45, 7) is 3.45. The summed E-state index contributed by atoms with van der Waals surface area (Å²) in [6, 6.07) is 11.5. The Kier molecular flexibility index (Phi) is 4.24. The molecule has 116 valence electrons. The number of piperidine rings is 1. The summed E-state index contributed by atoms with van der Waals surface area (Å²) in [6.07, 6.45) is 2.06. The summed E-state index contributed by atoms with van der Waals surface area (Å²) >= 11 is 0. The number of hydrogen-bond donors (Lipinski definition) is 1. The van der Waals surface area contributed by atoms with Gasteiger partial charge in [0.1, 0.15) is 5.69 Å². The van der Waals surface area contributed by atoms with Crippen molar-refractivity contribution in [2.24, 2.45) is 11.7 Å². The highest BCUT2D eigenvalue weighted by atomic mass is 16.5. The van der Waals surface area contributed by atoms with Gasteiger partial charge < -0.3 is 15.2 Å². The summed E-state index contributed by atoms with van der Waals surface area (Å²) in [4.78, 5) is 14.4. The van der Waals surface area contributed by atoms with Crippen LogP contribution >= 0.6 is 0 Å². The number of carbonyl (C=O) groups excluding carboxylic acids is 1. The lowest BCUT2D eigenvalue weighted by atomic mass is 9.92. The maximum atomic E-state index is 12.6. The average molecular weight is 299 g/mol. The Morgan fingerprint density at radius 2 is 2.18 bits per heavy atom. The van der Waals surface area contributed by atoms with Gasteiger partial charge in [-0.15, -0.1) is 0 Å². The molecule has 2 unspecified atom stereocenters. The van der Waals surface area contributed by atoms with Crippen molar-refractivity contribution in [3.8, 4) is 11.3 Å². The molecule has 1 aliphatic heterocycles. The van der Waals surface area contributed by atoms with Gasteiger partial charge >= 0.3 is 0 Å². The van der Waals surface area contributed by atoms with Crippen molar-refractivity contribution < 1.29 is 9.32 Å². The highest BCUT2D eigenvalue weighted by Crippen LogP contribution is 2.23. The van der Waals surface area contributed by atoms with Crippen molar-refractivity contribution in [1.29, 1.82) is 0 Å². The maximum absolute atomic E-state index is 12.6. The molecule has 1 aliphatic rings. The Labute approximate surface area is 130 Å². The molecular formula is C17H21N3O2. The Morgan fingerprint density at radius 1 is 1.41 bits per heavy atom. The zero-order chi connectivity index (χ0) is 15.5. The number of nitrogens with zero attached hydrogens (tertiary/aromatic N) is 2. The van der Waals surface area contributed by atoms with Crippen LogP contribution < -0.4 is 5.73 Å². The lowest BCUT2D eigenvalue weighted by Gasteiger charge is -2.34. The first-order valence-electron chi connectivity index (χ1n) is 7.72. The summed E-state index contributed by atoms with van der Waals surface area (Å²) < 4.78 is 5.26. The second-order valence-electron chi connectivity index (χ2n) is 5.96. The minimum absolute atomic E-state index is 0.0972. The number of carbonyl (C=O) groups is 1. The first kappa shape index (κ1) is 14.8. The van der Waals surface area contributed by atoms with Crippen LogP contribution in [0.2, 0.25) is 0 Å². The normalized spacial score (nSPS) is 19.9. The number of rotatable bonds is 3. The molecule has 1 amide bonds. The lowest BCUT2D eigenvalue weighted by Crippen LogP contribution is -2.44. The summed E-state index contributed by atoms with van der Waals surface area (Å²) in [5, 5.41) is 4.01. The second-order valence-corrected chi connectivity index (χ2v) is 5.96. The minimum Gasteiger partial charge on any atom is -0.350 e. The van der Waals surface area contributed by atoms with E-state index in [2.05, 4.69) is 5.16 Å². The van der Waals surface area contributed by atoms with Crippen LogP contribution in [0.25, 0.3) is 11.3 Å². The topological polar surface area (TPSA) is 72.4 Å². The Balaban J connectivity index is 1.74. The molecule has 1 fully saturated rings. The van der Waals surface area contributed by atoms with Crippen LogP contribution in [0.3, 0.4) is 0 Å². The van der Waals surface area contributed by atoms with Crippen LogP contribution in [0.15, 0.2) is 40.9 Å². The molecule has 0 radical (unpaired) electrons. The van der Waals surface area contributed by atoms with Crippen molar-refractivity contribution in [2.75, 3.05) is 13.1 Å². The lowest BCUT2D eigenvalue weighted by molar-refractivity contribution is 0.0619. The quantitative estimate of drug-likeness (QED) is 0.945. The van der Waals surface area contributed by atoms with Crippen molar-refractivity contribution >= 4 is 5.91 Å². The van der Waals surface area contributed by atoms with Gasteiger partial charge in [-0.3, -0.25) is 4.79 Å². The van der Waals surface area contributed by atoms with Gasteiger partial charge in [-0.25, -0.2) is 0 Å². The summed E-state index contributed by atoms with van der Waals surface area (Å²) in [7, 11) is 0. The van der Waals surface area contributed by atoms with E-state index >= 15 is 0 Å². The minimum atomic E-state index is -0.0972. The maximum Gasteiger partial charge on any atom is 0.292 e. The standard InChI is InChI=1S/C17H21N3O2/c1-12(18)14-8-5-9-20(11-14)17(21)16-10-15(19-22-16)13-6-3-2-4-7-13/h2-4,6-7,10,12,14H,5,8-9,11,18H2,1H3. The molecule has 3 rings (SSSR count). The van der Waals surface area contributed by atoms with Crippen molar-refractivity contribution in [3.05, 3.63) is 42.2 Å². The molecule has 22 heavy (non-hydrogen) atoms. The molecule has 0 spiro atoms. The van der Waals surface area contributed by atoms with E-state index in [-0.39, 0.29) is 11.9 Å². The SMILES string of the molecule is CC(N)C1CCCN(C(=O)c2cc(-c3ccccc3)no2)C1. The number of likely N-dealkylation sites (tertiary alicyclic amines) is 1. The predicted octanol–water partition coefficient (Wildman–Crippen LogP) is 2.54. The van der Waals surface area contributed by atoms with Gasteiger partial charge in [0.15, 0.2) is 0 Å². The molecule has 5 heteroatoms. The van der Waals surface area contributed by atoms with E-state index in [1.54, 1.807) is 6.07 Å². The van der Waals surface area contributed by atoms with Crippen LogP contribution in [0.1, 0.15) is 30.3 Å². The fraction of sp³-hybridized carbons (Fsp3) is 0.412. The van der Waals surface area contributed by atoms with Crippen molar-refractivity contribution in [3.63, 3.8) is 0 Å². The largest absolute Gasteiger partial charge is 0.350 e. The Hall–Kier alpha value is -2.14. The van der Waals surface area contributed by atoms with Gasteiger partial charge in [-0.05, 0) is 25.7 Å². The number of benzene rings is 1. The smallest absolute Gasteiger partial charge is 0.292 e. The molecule has 0 aliphatic carbocycles. The van der Waals surface area contributed by atoms with Crippen LogP contribution in [-0.2, 0) is 0 Å². The van der Waals surface area contributed by atoms with E-state index in [1.165, 1.54) is 0 Å². The van der Waals surface area contributed by atoms with Crippen LogP contribution in [0.4, 0.5) is 0 Å². The van der Waals surface area contributed by atoms with E-state index in [4.69, 9.17) is 10.3 Å². The van der Waals surface area contributed by atoms with Crippen LogP contribution in [0, 0.1) is 5.92 Å². The molecule has 2 N–H and O–H groups in total. The van der Waals surface area contributed by atoms with Gasteiger partial charge in [0.2, 0.25) is 5.76 Å². The van der Waals surface area contributed by atoms with Crippen molar-refractivity contribution in [1.82, 2.24) is 10.1 Å². The molecule has 1 aromatic heterocycles. The Morgan fingerprint density at radius 3 is 2.91 bits per heavy atom. The average Bonchev–Trinajstić information content (AvgIpc) is 3.05. The molecular weight excluding hydrogens is 278 g/mol. The highest BCUT2D eigenvalue weighted by Gasteiger charge is 2.28. The van der Waals surface area contributed by atoms with E-state index in [1.807, 2.05) is 42.2 Å². The third kappa shape index (κ3) is 3.04. The second kappa shape index (κ2) is 6.32. The summed E-state index contributed by atoms with van der Waals surface area (Å²) in [5.41, 5.74) is 7.60. The molecule has 0 bridgehead atoms. The molecule has 1 aromatic carbocycles. The van der Waals surface area contributed by atoms with E-state index in [0.717, 1.165) is 24.9 Å². The molecule has 5 nitrogen and oxygen atoms in total. The van der Waals surface area contributed by atoms with E-state index in [0.29, 0.717) is 23.9 Å². The van der Waals surface area contributed by atoms with E-state index < -0.39 is 0 Å². The first-order chi connectivity index (χ1) is 10.6. The molecule has 2 heterocycles. The predicted molar refractivity (Wildman–Crippen MR) is 84.2 cm³/mol. The molecule has 1 saturated heterocycles. The van der Waals surface area contributed by atoms with Gasteiger partial charge in [0.05, 0.1) is 0 Å². The summed E-state index contributed by atoms with van der Waals surface area (Å²) in [5.74, 6) is 0.554. The third-order valence-electron chi connectivity index (χ3n) is 4.28. The van der Waals surface area contributed by atoms with Gasteiger partial charge in [0.25, 0.3) is 5.91 Å². The highest BCUT2D eigenvalue weighted by molar-refractivity contribution is 5.92.